The van der Waals surface area contributed by atoms with Gasteiger partial charge >= 0.3 is 0 Å². The second-order valence-electron chi connectivity index (χ2n) is 8.36. The van der Waals surface area contributed by atoms with Crippen LogP contribution in [0.4, 0.5) is 0 Å². The third kappa shape index (κ3) is 5.09. The Balaban J connectivity index is 1.62. The van der Waals surface area contributed by atoms with Gasteiger partial charge in [0.25, 0.3) is 5.91 Å². The van der Waals surface area contributed by atoms with Crippen LogP contribution in [0.3, 0.4) is 0 Å². The van der Waals surface area contributed by atoms with Crippen LogP contribution < -0.4 is 9.47 Å². The highest BCUT2D eigenvalue weighted by atomic mass is 16.5. The third-order valence-electron chi connectivity index (χ3n) is 5.16. The van der Waals surface area contributed by atoms with Crippen LogP contribution in [0.2, 0.25) is 0 Å². The van der Waals surface area contributed by atoms with E-state index in [-0.39, 0.29) is 11.3 Å². The zero-order valence-corrected chi connectivity index (χ0v) is 18.0. The van der Waals surface area contributed by atoms with Gasteiger partial charge in [0.1, 0.15) is 5.76 Å². The van der Waals surface area contributed by atoms with E-state index in [1.54, 1.807) is 32.4 Å². The summed E-state index contributed by atoms with van der Waals surface area (Å²) in [5, 5.41) is 0. The zero-order chi connectivity index (χ0) is 21.0. The number of ether oxygens (including phenoxy) is 2. The SMILES string of the molecule is COc1ccc(C(=O)N2CCCN(Cc3ncc(C(C)(C)C)o3)CC2)cc1OC. The predicted octanol–water partition coefficient (Wildman–Crippen LogP) is 3.34. The van der Waals surface area contributed by atoms with Gasteiger partial charge in [0.15, 0.2) is 11.5 Å². The Kier molecular flexibility index (Phi) is 6.47. The summed E-state index contributed by atoms with van der Waals surface area (Å²) < 4.78 is 16.5. The molecule has 7 nitrogen and oxygen atoms in total. The van der Waals surface area contributed by atoms with Gasteiger partial charge in [0.05, 0.1) is 27.0 Å². The number of carbonyl (C=O) groups excluding carboxylic acids is 1. The van der Waals surface area contributed by atoms with Crippen molar-refractivity contribution in [3.63, 3.8) is 0 Å². The van der Waals surface area contributed by atoms with Crippen molar-refractivity contribution in [2.45, 2.75) is 39.2 Å². The van der Waals surface area contributed by atoms with Crippen molar-refractivity contribution in [2.75, 3.05) is 40.4 Å². The van der Waals surface area contributed by atoms with Gasteiger partial charge in [-0.25, -0.2) is 4.98 Å². The average Bonchev–Trinajstić information content (AvgIpc) is 3.06. The lowest BCUT2D eigenvalue weighted by atomic mass is 9.94. The highest BCUT2D eigenvalue weighted by Gasteiger charge is 2.23. The number of aromatic nitrogens is 1. The molecule has 0 N–H and O–H groups in total. The molecule has 3 rings (SSSR count). The number of hydrogen-bond acceptors (Lipinski definition) is 6. The average molecular weight is 402 g/mol. The summed E-state index contributed by atoms with van der Waals surface area (Å²) in [6.07, 6.45) is 2.73. The molecule has 7 heteroatoms. The smallest absolute Gasteiger partial charge is 0.254 e. The van der Waals surface area contributed by atoms with Gasteiger partial charge in [0.2, 0.25) is 5.89 Å². The molecule has 1 aliphatic rings. The van der Waals surface area contributed by atoms with E-state index in [2.05, 4.69) is 30.7 Å². The maximum Gasteiger partial charge on any atom is 0.254 e. The van der Waals surface area contributed by atoms with Gasteiger partial charge < -0.3 is 18.8 Å². The lowest BCUT2D eigenvalue weighted by molar-refractivity contribution is 0.0760. The molecular weight excluding hydrogens is 370 g/mol. The number of rotatable bonds is 5. The van der Waals surface area contributed by atoms with Gasteiger partial charge in [-0.3, -0.25) is 9.69 Å². The fraction of sp³-hybridized carbons (Fsp3) is 0.545. The van der Waals surface area contributed by atoms with E-state index in [0.717, 1.165) is 37.7 Å². The number of hydrogen-bond donors (Lipinski definition) is 0. The van der Waals surface area contributed by atoms with Crippen LogP contribution in [-0.4, -0.2) is 61.1 Å². The van der Waals surface area contributed by atoms with E-state index < -0.39 is 0 Å². The number of oxazole rings is 1. The highest BCUT2D eigenvalue weighted by molar-refractivity contribution is 5.95. The number of nitrogens with zero attached hydrogens (tertiary/aromatic N) is 3. The number of benzene rings is 1. The molecule has 0 bridgehead atoms. The summed E-state index contributed by atoms with van der Waals surface area (Å²) in [5.41, 5.74) is 0.561. The second kappa shape index (κ2) is 8.86. The highest BCUT2D eigenvalue weighted by Crippen LogP contribution is 2.28. The van der Waals surface area contributed by atoms with Crippen LogP contribution in [0.25, 0.3) is 0 Å². The molecule has 2 aromatic rings. The van der Waals surface area contributed by atoms with Crippen molar-refractivity contribution in [1.29, 1.82) is 0 Å². The topological polar surface area (TPSA) is 68.0 Å². The Bertz CT molecular complexity index is 841. The molecule has 0 atom stereocenters. The molecule has 1 aromatic carbocycles. The number of carbonyl (C=O) groups is 1. The molecule has 0 aliphatic carbocycles. The summed E-state index contributed by atoms with van der Waals surface area (Å²) in [5.74, 6) is 2.82. The molecule has 1 amide bonds. The van der Waals surface area contributed by atoms with Crippen molar-refractivity contribution in [3.8, 4) is 11.5 Å². The fourth-order valence-corrected chi connectivity index (χ4v) is 3.41. The zero-order valence-electron chi connectivity index (χ0n) is 18.0. The van der Waals surface area contributed by atoms with E-state index in [4.69, 9.17) is 13.9 Å². The minimum absolute atomic E-state index is 0.0129. The predicted molar refractivity (Wildman–Crippen MR) is 111 cm³/mol. The van der Waals surface area contributed by atoms with Gasteiger partial charge in [-0.2, -0.15) is 0 Å². The Hall–Kier alpha value is -2.54. The number of amides is 1. The lowest BCUT2D eigenvalue weighted by Crippen LogP contribution is -2.35. The van der Waals surface area contributed by atoms with Crippen molar-refractivity contribution >= 4 is 5.91 Å². The second-order valence-corrected chi connectivity index (χ2v) is 8.36. The van der Waals surface area contributed by atoms with E-state index in [9.17, 15) is 4.79 Å². The van der Waals surface area contributed by atoms with Crippen molar-refractivity contribution in [1.82, 2.24) is 14.8 Å². The van der Waals surface area contributed by atoms with Crippen molar-refractivity contribution in [3.05, 3.63) is 41.6 Å². The molecule has 1 aliphatic heterocycles. The normalized spacial score (nSPS) is 15.8. The minimum atomic E-state index is -0.0489. The van der Waals surface area contributed by atoms with E-state index in [0.29, 0.717) is 30.2 Å². The minimum Gasteiger partial charge on any atom is -0.493 e. The first-order valence-corrected chi connectivity index (χ1v) is 10.0. The van der Waals surface area contributed by atoms with E-state index >= 15 is 0 Å². The van der Waals surface area contributed by atoms with Gasteiger partial charge in [-0.1, -0.05) is 20.8 Å². The monoisotopic (exact) mass is 401 g/mol. The van der Waals surface area contributed by atoms with Gasteiger partial charge in [0, 0.05) is 37.2 Å². The molecule has 0 spiro atoms. The lowest BCUT2D eigenvalue weighted by Gasteiger charge is -2.22. The number of methoxy groups -OCH3 is 2. The van der Waals surface area contributed by atoms with Crippen LogP contribution in [0.5, 0.6) is 11.5 Å². The largest absolute Gasteiger partial charge is 0.493 e. The van der Waals surface area contributed by atoms with Crippen molar-refractivity contribution < 1.29 is 18.7 Å². The Morgan fingerprint density at radius 2 is 1.86 bits per heavy atom. The first-order chi connectivity index (χ1) is 13.8. The molecule has 1 aromatic heterocycles. The molecule has 1 fully saturated rings. The molecule has 2 heterocycles. The summed E-state index contributed by atoms with van der Waals surface area (Å²) >= 11 is 0. The third-order valence-corrected chi connectivity index (χ3v) is 5.16. The molecule has 158 valence electrons. The standard InChI is InChI=1S/C22H31N3O4/c1-22(2,3)19-14-23-20(29-19)15-24-9-6-10-25(12-11-24)21(26)16-7-8-17(27-4)18(13-16)28-5/h7-8,13-14H,6,9-12,15H2,1-5H3. The molecule has 0 unspecified atom stereocenters. The van der Waals surface area contributed by atoms with Crippen LogP contribution >= 0.6 is 0 Å². The van der Waals surface area contributed by atoms with Crippen LogP contribution in [0.15, 0.2) is 28.8 Å². The van der Waals surface area contributed by atoms with Crippen molar-refractivity contribution in [2.24, 2.45) is 0 Å². The van der Waals surface area contributed by atoms with Gasteiger partial charge in [-0.05, 0) is 24.6 Å². The summed E-state index contributed by atoms with van der Waals surface area (Å²) in [6, 6.07) is 5.29. The van der Waals surface area contributed by atoms with E-state index in [1.165, 1.54) is 0 Å². The quantitative estimate of drug-likeness (QED) is 0.766. The molecular formula is C22H31N3O4. The molecule has 29 heavy (non-hydrogen) atoms. The van der Waals surface area contributed by atoms with E-state index in [1.807, 2.05) is 11.1 Å². The Labute approximate surface area is 172 Å². The first kappa shape index (κ1) is 21.2. The molecule has 0 saturated carbocycles. The Morgan fingerprint density at radius 3 is 2.52 bits per heavy atom. The first-order valence-electron chi connectivity index (χ1n) is 10.0. The maximum absolute atomic E-state index is 13.0. The fourth-order valence-electron chi connectivity index (χ4n) is 3.41. The van der Waals surface area contributed by atoms with Crippen LogP contribution in [0, 0.1) is 0 Å². The molecule has 1 saturated heterocycles. The Morgan fingerprint density at radius 1 is 1.10 bits per heavy atom. The summed E-state index contributed by atoms with van der Waals surface area (Å²) in [6.45, 7) is 10.1. The van der Waals surface area contributed by atoms with Crippen LogP contribution in [0.1, 0.15) is 49.2 Å². The summed E-state index contributed by atoms with van der Waals surface area (Å²) in [4.78, 5) is 21.6. The summed E-state index contributed by atoms with van der Waals surface area (Å²) in [7, 11) is 3.16. The van der Waals surface area contributed by atoms with Gasteiger partial charge in [-0.15, -0.1) is 0 Å². The molecule has 0 radical (unpaired) electrons. The maximum atomic E-state index is 13.0. The van der Waals surface area contributed by atoms with Crippen LogP contribution in [-0.2, 0) is 12.0 Å².